The van der Waals surface area contributed by atoms with Gasteiger partial charge in [0.2, 0.25) is 0 Å². The Hall–Kier alpha value is -1.25. The summed E-state index contributed by atoms with van der Waals surface area (Å²) in [6.45, 7) is 1.07. The Balaban J connectivity index is 0.00000162. The third-order valence-electron chi connectivity index (χ3n) is 2.68. The van der Waals surface area contributed by atoms with E-state index in [0.717, 1.165) is 12.3 Å². The van der Waals surface area contributed by atoms with Crippen molar-refractivity contribution in [3.8, 4) is 0 Å². The molecule has 0 spiro atoms. The fourth-order valence-electron chi connectivity index (χ4n) is 1.71. The highest BCUT2D eigenvalue weighted by Gasteiger charge is 2.31. The topological polar surface area (TPSA) is 102 Å². The molecular formula is C9H12ClN3O4S. The summed E-state index contributed by atoms with van der Waals surface area (Å²) in [5.74, 6) is 0. The van der Waals surface area contributed by atoms with Gasteiger partial charge in [-0.05, 0) is 19.0 Å². The Labute approximate surface area is 110 Å². The lowest BCUT2D eigenvalue weighted by atomic mass is 10.4. The molecule has 0 aromatic carbocycles. The summed E-state index contributed by atoms with van der Waals surface area (Å²) >= 11 is 0. The van der Waals surface area contributed by atoms with Crippen molar-refractivity contribution in [3.63, 3.8) is 0 Å². The van der Waals surface area contributed by atoms with Crippen LogP contribution in [0.25, 0.3) is 0 Å². The largest absolute Gasteiger partial charge is 0.315 e. The van der Waals surface area contributed by atoms with E-state index in [1.165, 1.54) is 6.07 Å². The first-order valence-corrected chi connectivity index (χ1v) is 6.61. The molecule has 18 heavy (non-hydrogen) atoms. The van der Waals surface area contributed by atoms with Crippen molar-refractivity contribution in [1.29, 1.82) is 0 Å². The molecule has 1 aliphatic rings. The Morgan fingerprint density at radius 1 is 1.44 bits per heavy atom. The van der Waals surface area contributed by atoms with Crippen LogP contribution in [-0.2, 0) is 9.84 Å². The molecule has 2 rings (SSSR count). The van der Waals surface area contributed by atoms with E-state index in [4.69, 9.17) is 0 Å². The van der Waals surface area contributed by atoms with Crippen LogP contribution in [0.3, 0.4) is 0 Å². The number of pyridine rings is 1. The highest BCUT2D eigenvalue weighted by molar-refractivity contribution is 7.92. The van der Waals surface area contributed by atoms with Gasteiger partial charge in [-0.3, -0.25) is 10.1 Å². The molecule has 0 unspecified atom stereocenters. The van der Waals surface area contributed by atoms with E-state index < -0.39 is 20.0 Å². The zero-order valence-electron chi connectivity index (χ0n) is 9.27. The molecule has 1 N–H and O–H groups in total. The lowest BCUT2D eigenvalue weighted by Crippen LogP contribution is -2.24. The molecule has 9 heteroatoms. The van der Waals surface area contributed by atoms with Crippen molar-refractivity contribution in [2.24, 2.45) is 0 Å². The number of nitrogens with one attached hydrogen (secondary N) is 1. The molecule has 1 aromatic heterocycles. The first-order valence-electron chi connectivity index (χ1n) is 5.07. The third-order valence-corrected chi connectivity index (χ3v) is 4.78. The molecule has 1 aliphatic heterocycles. The molecule has 1 fully saturated rings. The maximum atomic E-state index is 12.0. The Kier molecular flexibility index (Phi) is 4.60. The Morgan fingerprint density at radius 3 is 2.61 bits per heavy atom. The Bertz CT molecular complexity index is 525. The van der Waals surface area contributed by atoms with Crippen molar-refractivity contribution in [3.05, 3.63) is 28.4 Å². The van der Waals surface area contributed by atoms with Crippen LogP contribution < -0.4 is 5.32 Å². The van der Waals surface area contributed by atoms with E-state index in [2.05, 4.69) is 10.3 Å². The fraction of sp³-hybridized carbons (Fsp3) is 0.444. The minimum Gasteiger partial charge on any atom is -0.315 e. The predicted molar refractivity (Wildman–Crippen MR) is 66.6 cm³/mol. The van der Waals surface area contributed by atoms with Gasteiger partial charge in [-0.1, -0.05) is 0 Å². The number of halogens is 1. The first-order chi connectivity index (χ1) is 8.01. The molecular weight excluding hydrogens is 282 g/mol. The van der Waals surface area contributed by atoms with E-state index in [1.807, 2.05) is 0 Å². The van der Waals surface area contributed by atoms with Gasteiger partial charge in [0.15, 0.2) is 14.9 Å². The zero-order valence-corrected chi connectivity index (χ0v) is 10.9. The van der Waals surface area contributed by atoms with Crippen LogP contribution in [-0.4, -0.2) is 36.7 Å². The van der Waals surface area contributed by atoms with Crippen LogP contribution in [0.5, 0.6) is 0 Å². The van der Waals surface area contributed by atoms with Gasteiger partial charge >= 0.3 is 0 Å². The van der Waals surface area contributed by atoms with Crippen molar-refractivity contribution in [1.82, 2.24) is 10.3 Å². The van der Waals surface area contributed by atoms with E-state index >= 15 is 0 Å². The average molecular weight is 294 g/mol. The van der Waals surface area contributed by atoms with Crippen LogP contribution in [0.4, 0.5) is 5.69 Å². The lowest BCUT2D eigenvalue weighted by molar-refractivity contribution is -0.385. The second-order valence-electron chi connectivity index (χ2n) is 3.77. The highest BCUT2D eigenvalue weighted by Crippen LogP contribution is 2.20. The summed E-state index contributed by atoms with van der Waals surface area (Å²) in [7, 11) is -3.48. The van der Waals surface area contributed by atoms with E-state index in [-0.39, 0.29) is 23.1 Å². The van der Waals surface area contributed by atoms with Gasteiger partial charge in [-0.15, -0.1) is 12.4 Å². The molecule has 2 heterocycles. The summed E-state index contributed by atoms with van der Waals surface area (Å²) in [4.78, 5) is 13.5. The number of aromatic nitrogens is 1. The van der Waals surface area contributed by atoms with Crippen molar-refractivity contribution in [2.75, 3.05) is 13.1 Å². The smallest absolute Gasteiger partial charge is 0.287 e. The van der Waals surface area contributed by atoms with Gasteiger partial charge in [-0.2, -0.15) is 0 Å². The standard InChI is InChI=1S/C9H11N3O4S.ClH/c13-12(14)7-1-2-9(11-5-7)17(15,16)8-3-4-10-6-8;/h1-2,5,8,10H,3-4,6H2;1H/t8-;/m1./s1. The van der Waals surface area contributed by atoms with Crippen LogP contribution in [0.2, 0.25) is 0 Å². The van der Waals surface area contributed by atoms with Crippen LogP contribution in [0.15, 0.2) is 23.4 Å². The fourth-order valence-corrected chi connectivity index (χ4v) is 3.28. The minimum absolute atomic E-state index is 0. The second-order valence-corrected chi connectivity index (χ2v) is 5.95. The predicted octanol–water partition coefficient (Wildman–Crippen LogP) is 0.547. The number of hydrogen-bond donors (Lipinski definition) is 1. The minimum atomic E-state index is -3.48. The average Bonchev–Trinajstić information content (AvgIpc) is 2.83. The summed E-state index contributed by atoms with van der Waals surface area (Å²) in [6, 6.07) is 2.34. The molecule has 0 bridgehead atoms. The van der Waals surface area contributed by atoms with Crippen LogP contribution >= 0.6 is 12.4 Å². The Morgan fingerprint density at radius 2 is 2.17 bits per heavy atom. The van der Waals surface area contributed by atoms with Gasteiger partial charge in [-0.25, -0.2) is 13.4 Å². The van der Waals surface area contributed by atoms with Gasteiger partial charge in [0.05, 0.1) is 10.2 Å². The molecule has 1 saturated heterocycles. The molecule has 0 radical (unpaired) electrons. The van der Waals surface area contributed by atoms with Crippen LogP contribution in [0.1, 0.15) is 6.42 Å². The molecule has 100 valence electrons. The third kappa shape index (κ3) is 2.77. The quantitative estimate of drug-likeness (QED) is 0.645. The monoisotopic (exact) mass is 293 g/mol. The molecule has 7 nitrogen and oxygen atoms in total. The zero-order chi connectivity index (χ0) is 12.5. The lowest BCUT2D eigenvalue weighted by Gasteiger charge is -2.08. The summed E-state index contributed by atoms with van der Waals surface area (Å²) < 4.78 is 24.1. The van der Waals surface area contributed by atoms with E-state index in [1.54, 1.807) is 0 Å². The summed E-state index contributed by atoms with van der Waals surface area (Å²) in [6.07, 6.45) is 1.51. The number of rotatable bonds is 3. The second kappa shape index (κ2) is 5.59. The van der Waals surface area contributed by atoms with Gasteiger partial charge < -0.3 is 5.32 Å². The SMILES string of the molecule is Cl.O=[N+]([O-])c1ccc(S(=O)(=O)[C@@H]2CCNC2)nc1. The molecule has 0 amide bonds. The van der Waals surface area contributed by atoms with E-state index in [0.29, 0.717) is 19.5 Å². The van der Waals surface area contributed by atoms with Gasteiger partial charge in [0, 0.05) is 12.6 Å². The number of sulfone groups is 1. The van der Waals surface area contributed by atoms with Gasteiger partial charge in [0.25, 0.3) is 5.69 Å². The maximum absolute atomic E-state index is 12.0. The molecule has 0 aliphatic carbocycles. The molecule has 1 atom stereocenters. The number of nitrogens with zero attached hydrogens (tertiary/aromatic N) is 2. The highest BCUT2D eigenvalue weighted by atomic mass is 35.5. The first kappa shape index (κ1) is 14.8. The normalized spacial score (nSPS) is 19.2. The van der Waals surface area contributed by atoms with Crippen molar-refractivity contribution < 1.29 is 13.3 Å². The molecule has 0 saturated carbocycles. The van der Waals surface area contributed by atoms with E-state index in [9.17, 15) is 18.5 Å². The number of hydrogen-bond acceptors (Lipinski definition) is 6. The summed E-state index contributed by atoms with van der Waals surface area (Å²) in [5.41, 5.74) is -0.214. The van der Waals surface area contributed by atoms with Crippen molar-refractivity contribution in [2.45, 2.75) is 16.7 Å². The number of nitro groups is 1. The summed E-state index contributed by atoms with van der Waals surface area (Å²) in [5, 5.41) is 12.8. The molecule has 1 aromatic rings. The van der Waals surface area contributed by atoms with Crippen LogP contribution in [0, 0.1) is 10.1 Å². The van der Waals surface area contributed by atoms with Crippen molar-refractivity contribution >= 4 is 27.9 Å². The maximum Gasteiger partial charge on any atom is 0.287 e. The van der Waals surface area contributed by atoms with Gasteiger partial charge in [0.1, 0.15) is 6.20 Å².